The summed E-state index contributed by atoms with van der Waals surface area (Å²) >= 11 is 7.41. The number of sulfonamides is 1. The molecule has 0 saturated carbocycles. The van der Waals surface area contributed by atoms with Crippen molar-refractivity contribution in [2.45, 2.75) is 12.2 Å². The largest absolute Gasteiger partial charge is 0.392 e. The molecule has 1 unspecified atom stereocenters. The normalized spacial score (nSPS) is 13.1. The van der Waals surface area contributed by atoms with Crippen LogP contribution in [0.25, 0.3) is 0 Å². The van der Waals surface area contributed by atoms with Crippen molar-refractivity contribution in [1.82, 2.24) is 0 Å². The third kappa shape index (κ3) is 3.36. The van der Waals surface area contributed by atoms with Crippen LogP contribution in [-0.4, -0.2) is 18.7 Å². The van der Waals surface area contributed by atoms with Gasteiger partial charge in [-0.15, -0.1) is 0 Å². The molecule has 1 aromatic carbocycles. The first-order valence-corrected chi connectivity index (χ1v) is 7.35. The molecule has 0 bridgehead atoms. The van der Waals surface area contributed by atoms with Gasteiger partial charge in [0.2, 0.25) is 10.0 Å². The molecular weight excluding hydrogens is 350 g/mol. The number of nitrogens with one attached hydrogen (secondary N) is 1. The Morgan fingerprint density at radius 1 is 1.44 bits per heavy atom. The molecule has 0 aromatic heterocycles. The summed E-state index contributed by atoms with van der Waals surface area (Å²) in [5.41, 5.74) is 4.43. The highest BCUT2D eigenvalue weighted by Crippen LogP contribution is 2.25. The van der Waals surface area contributed by atoms with E-state index >= 15 is 0 Å². The maximum atomic E-state index is 13.4. The Balaban J connectivity index is 3.17. The summed E-state index contributed by atoms with van der Waals surface area (Å²) in [5.74, 6) is -2.08. The Bertz CT molecular complexity index is 569. The molecule has 0 heterocycles. The fraction of sp³-hybridized carbons (Fsp3) is 0.222. The average molecular weight is 359 g/mol. The second-order valence-electron chi connectivity index (χ2n) is 3.44. The number of hydrogen-bond acceptors (Lipinski definition) is 3. The zero-order valence-electron chi connectivity index (χ0n) is 9.08. The molecule has 0 spiro atoms. The molecule has 0 aliphatic heterocycles. The first-order valence-electron chi connectivity index (χ1n) is 4.60. The molecule has 4 nitrogen and oxygen atoms in total. The van der Waals surface area contributed by atoms with E-state index in [9.17, 15) is 17.2 Å². The van der Waals surface area contributed by atoms with Gasteiger partial charge in [-0.25, -0.2) is 17.2 Å². The molecule has 0 saturated heterocycles. The van der Waals surface area contributed by atoms with Crippen LogP contribution in [0.2, 0.25) is 0 Å². The van der Waals surface area contributed by atoms with Crippen molar-refractivity contribution in [3.63, 3.8) is 0 Å². The van der Waals surface area contributed by atoms with Gasteiger partial charge in [0.15, 0.2) is 11.6 Å². The fourth-order valence-corrected chi connectivity index (χ4v) is 2.77. The molecule has 0 aliphatic rings. The monoisotopic (exact) mass is 358 g/mol. The predicted octanol–water partition coefficient (Wildman–Crippen LogP) is 2.14. The summed E-state index contributed by atoms with van der Waals surface area (Å²) in [6.07, 6.45) is 0. The summed E-state index contributed by atoms with van der Waals surface area (Å²) in [6.45, 7) is 1.22. The van der Waals surface area contributed by atoms with Crippen molar-refractivity contribution in [3.05, 3.63) is 28.2 Å². The van der Waals surface area contributed by atoms with E-state index in [0.29, 0.717) is 0 Å². The van der Waals surface area contributed by atoms with Gasteiger partial charge in [-0.3, -0.25) is 4.72 Å². The first kappa shape index (κ1) is 15.3. The smallest absolute Gasteiger partial charge is 0.242 e. The van der Waals surface area contributed by atoms with Gasteiger partial charge in [0, 0.05) is 4.47 Å². The van der Waals surface area contributed by atoms with Crippen LogP contribution in [0, 0.1) is 11.6 Å². The fourth-order valence-electron chi connectivity index (χ4n) is 1.02. The molecule has 18 heavy (non-hydrogen) atoms. The molecule has 1 atom stereocenters. The Kier molecular flexibility index (Phi) is 4.62. The Hall–Kier alpha value is -0.800. The Morgan fingerprint density at radius 3 is 2.28 bits per heavy atom. The van der Waals surface area contributed by atoms with Crippen LogP contribution in [0.5, 0.6) is 0 Å². The predicted molar refractivity (Wildman–Crippen MR) is 72.8 cm³/mol. The van der Waals surface area contributed by atoms with Crippen molar-refractivity contribution in [2.24, 2.45) is 5.73 Å². The van der Waals surface area contributed by atoms with E-state index in [0.717, 1.165) is 12.1 Å². The summed E-state index contributed by atoms with van der Waals surface area (Å²) < 4.78 is 52.3. The number of nitrogens with two attached hydrogens (primary N) is 1. The van der Waals surface area contributed by atoms with Crippen LogP contribution >= 0.6 is 28.1 Å². The summed E-state index contributed by atoms with van der Waals surface area (Å²) in [5, 5.41) is -1.24. The van der Waals surface area contributed by atoms with E-state index in [1.807, 2.05) is 0 Å². The molecule has 0 aliphatic carbocycles. The van der Waals surface area contributed by atoms with Crippen LogP contribution in [-0.2, 0) is 10.0 Å². The van der Waals surface area contributed by atoms with Gasteiger partial charge in [0.1, 0.15) is 10.9 Å². The number of rotatable bonds is 4. The van der Waals surface area contributed by atoms with Crippen molar-refractivity contribution in [1.29, 1.82) is 0 Å². The van der Waals surface area contributed by atoms with Gasteiger partial charge in [0.05, 0.1) is 4.99 Å². The van der Waals surface area contributed by atoms with Crippen LogP contribution in [0.15, 0.2) is 16.6 Å². The quantitative estimate of drug-likeness (QED) is 0.808. The van der Waals surface area contributed by atoms with Gasteiger partial charge in [-0.1, -0.05) is 28.1 Å². The maximum absolute atomic E-state index is 13.4. The van der Waals surface area contributed by atoms with Gasteiger partial charge in [-0.2, -0.15) is 0 Å². The van der Waals surface area contributed by atoms with E-state index in [2.05, 4.69) is 28.1 Å². The third-order valence-corrected chi connectivity index (χ3v) is 4.75. The molecule has 9 heteroatoms. The molecule has 0 radical (unpaired) electrons. The van der Waals surface area contributed by atoms with Crippen molar-refractivity contribution >= 4 is 48.8 Å². The molecule has 1 aromatic rings. The lowest BCUT2D eigenvalue weighted by molar-refractivity contribution is 0.581. The number of thiocarbonyl (C=S) groups is 1. The Labute approximate surface area is 117 Å². The van der Waals surface area contributed by atoms with Crippen LogP contribution in [0.3, 0.4) is 0 Å². The van der Waals surface area contributed by atoms with E-state index < -0.39 is 32.6 Å². The van der Waals surface area contributed by atoms with E-state index in [1.165, 1.54) is 6.92 Å². The van der Waals surface area contributed by atoms with Gasteiger partial charge < -0.3 is 5.73 Å². The molecular formula is C9H9BrF2N2O2S2. The van der Waals surface area contributed by atoms with Gasteiger partial charge in [-0.05, 0) is 19.1 Å². The molecule has 3 N–H and O–H groups in total. The van der Waals surface area contributed by atoms with E-state index in [-0.39, 0.29) is 9.46 Å². The lowest BCUT2D eigenvalue weighted by atomic mass is 10.3. The number of benzene rings is 1. The number of hydrogen-bond donors (Lipinski definition) is 2. The van der Waals surface area contributed by atoms with Crippen molar-refractivity contribution < 1.29 is 17.2 Å². The minimum Gasteiger partial charge on any atom is -0.392 e. The lowest BCUT2D eigenvalue weighted by Crippen LogP contribution is -2.36. The lowest BCUT2D eigenvalue weighted by Gasteiger charge is -2.14. The SMILES string of the molecule is CC(C(N)=S)S(=O)(=O)Nc1c(F)cc(Br)cc1F. The summed E-state index contributed by atoms with van der Waals surface area (Å²) in [6, 6.07) is 1.87. The highest BCUT2D eigenvalue weighted by Gasteiger charge is 2.26. The minimum atomic E-state index is -4.08. The summed E-state index contributed by atoms with van der Waals surface area (Å²) in [4.78, 5) is -0.291. The second kappa shape index (κ2) is 5.45. The molecule has 1 rings (SSSR count). The van der Waals surface area contributed by atoms with E-state index in [4.69, 9.17) is 5.73 Å². The minimum absolute atomic E-state index is 0.155. The van der Waals surface area contributed by atoms with Crippen LogP contribution in [0.1, 0.15) is 6.92 Å². The maximum Gasteiger partial charge on any atom is 0.242 e. The standard InChI is InChI=1S/C9H9BrF2N2O2S2/c1-4(9(13)17)18(15,16)14-8-6(11)2-5(10)3-7(8)12/h2-4,14H,1H3,(H2,13,17). The second-order valence-corrected chi connectivity index (χ2v) is 6.82. The van der Waals surface area contributed by atoms with Crippen LogP contribution < -0.4 is 10.5 Å². The topological polar surface area (TPSA) is 72.2 Å². The highest BCUT2D eigenvalue weighted by molar-refractivity contribution is 9.10. The third-order valence-electron chi connectivity index (χ3n) is 2.12. The van der Waals surface area contributed by atoms with Crippen molar-refractivity contribution in [3.8, 4) is 0 Å². The van der Waals surface area contributed by atoms with E-state index in [1.54, 1.807) is 4.72 Å². The van der Waals surface area contributed by atoms with Crippen molar-refractivity contribution in [2.75, 3.05) is 4.72 Å². The van der Waals surface area contributed by atoms with Gasteiger partial charge in [0.25, 0.3) is 0 Å². The highest BCUT2D eigenvalue weighted by atomic mass is 79.9. The zero-order valence-corrected chi connectivity index (χ0v) is 12.3. The van der Waals surface area contributed by atoms with Crippen LogP contribution in [0.4, 0.5) is 14.5 Å². The average Bonchev–Trinajstić information content (AvgIpc) is 2.22. The Morgan fingerprint density at radius 2 is 1.89 bits per heavy atom. The first-order chi connectivity index (χ1) is 8.15. The number of anilines is 1. The zero-order chi connectivity index (χ0) is 14.1. The van der Waals surface area contributed by atoms with Gasteiger partial charge >= 0.3 is 0 Å². The molecule has 0 fully saturated rings. The molecule has 0 amide bonds. The number of halogens is 3. The summed E-state index contributed by atoms with van der Waals surface area (Å²) in [7, 11) is -4.08. The molecule has 100 valence electrons.